The highest BCUT2D eigenvalue weighted by Crippen LogP contribution is 2.25. The number of hydrogen-bond donors (Lipinski definition) is 2. The van der Waals surface area contributed by atoms with Crippen LogP contribution in [0.1, 0.15) is 48.0 Å². The van der Waals surface area contributed by atoms with Crippen LogP contribution < -0.4 is 10.6 Å². The third kappa shape index (κ3) is 4.38. The fourth-order valence-corrected chi connectivity index (χ4v) is 2.81. The maximum atomic E-state index is 11.6. The number of carbonyl (C=O) groups is 1. The fourth-order valence-electron chi connectivity index (χ4n) is 1.78. The number of nitrogens with one attached hydrogen (secondary N) is 2. The number of unbranched alkanes of at least 4 members (excludes halogenated alkanes) is 1. The normalized spacial score (nSPS) is 12.2. The monoisotopic (exact) mass is 254 g/mol. The zero-order chi connectivity index (χ0) is 12.8. The van der Waals surface area contributed by atoms with Gasteiger partial charge in [0, 0.05) is 16.3 Å². The van der Waals surface area contributed by atoms with Crippen molar-refractivity contribution < 1.29 is 4.79 Å². The molecule has 1 unspecified atom stereocenters. The Morgan fingerprint density at radius 3 is 2.71 bits per heavy atom. The van der Waals surface area contributed by atoms with Gasteiger partial charge in [0.2, 0.25) is 0 Å². The second-order valence-electron chi connectivity index (χ2n) is 4.34. The lowest BCUT2D eigenvalue weighted by Gasteiger charge is -2.14. The summed E-state index contributed by atoms with van der Waals surface area (Å²) in [5.41, 5.74) is 1.22. The van der Waals surface area contributed by atoms with Crippen molar-refractivity contribution in [3.05, 3.63) is 21.4 Å². The van der Waals surface area contributed by atoms with E-state index in [1.54, 1.807) is 11.3 Å². The van der Waals surface area contributed by atoms with Crippen molar-refractivity contribution in [2.75, 3.05) is 6.54 Å². The number of aryl methyl sites for hydroxylation is 2. The topological polar surface area (TPSA) is 41.1 Å². The van der Waals surface area contributed by atoms with Crippen molar-refractivity contribution in [1.29, 1.82) is 0 Å². The van der Waals surface area contributed by atoms with Crippen LogP contribution in [0.15, 0.2) is 6.07 Å². The van der Waals surface area contributed by atoms with Gasteiger partial charge in [0.25, 0.3) is 0 Å². The van der Waals surface area contributed by atoms with Crippen molar-refractivity contribution in [2.45, 2.75) is 46.6 Å². The molecule has 0 aliphatic heterocycles. The van der Waals surface area contributed by atoms with Crippen molar-refractivity contribution in [3.63, 3.8) is 0 Å². The molecule has 1 rings (SSSR count). The van der Waals surface area contributed by atoms with Crippen LogP contribution in [-0.2, 0) is 0 Å². The first kappa shape index (κ1) is 14.0. The van der Waals surface area contributed by atoms with Gasteiger partial charge in [-0.15, -0.1) is 11.3 Å². The first-order valence-electron chi connectivity index (χ1n) is 6.16. The van der Waals surface area contributed by atoms with E-state index in [1.807, 2.05) is 6.92 Å². The molecule has 0 spiro atoms. The Kier molecular flexibility index (Phi) is 5.48. The predicted molar refractivity (Wildman–Crippen MR) is 73.7 cm³/mol. The van der Waals surface area contributed by atoms with E-state index < -0.39 is 0 Å². The quantitative estimate of drug-likeness (QED) is 0.775. The molecule has 0 radical (unpaired) electrons. The van der Waals surface area contributed by atoms with Gasteiger partial charge in [-0.3, -0.25) is 0 Å². The summed E-state index contributed by atoms with van der Waals surface area (Å²) in [4.78, 5) is 14.2. The maximum absolute atomic E-state index is 11.6. The van der Waals surface area contributed by atoms with E-state index in [-0.39, 0.29) is 12.1 Å². The van der Waals surface area contributed by atoms with Gasteiger partial charge >= 0.3 is 6.03 Å². The molecule has 1 atom stereocenters. The Hall–Kier alpha value is -1.03. The molecule has 0 aromatic carbocycles. The fraction of sp³-hybridized carbons (Fsp3) is 0.615. The number of urea groups is 1. The van der Waals surface area contributed by atoms with Gasteiger partial charge in [0.1, 0.15) is 0 Å². The third-order valence-corrected chi connectivity index (χ3v) is 3.69. The Morgan fingerprint density at radius 1 is 1.47 bits per heavy atom. The molecular weight excluding hydrogens is 232 g/mol. The number of hydrogen-bond acceptors (Lipinski definition) is 2. The molecule has 2 amide bonds. The number of amides is 2. The van der Waals surface area contributed by atoms with Gasteiger partial charge in [0.15, 0.2) is 0 Å². The zero-order valence-electron chi connectivity index (χ0n) is 11.1. The second-order valence-corrected chi connectivity index (χ2v) is 5.80. The Bertz CT molecular complexity index is 373. The van der Waals surface area contributed by atoms with E-state index in [1.165, 1.54) is 15.3 Å². The number of rotatable bonds is 5. The van der Waals surface area contributed by atoms with E-state index in [0.717, 1.165) is 19.4 Å². The molecular formula is C13H22N2OS. The summed E-state index contributed by atoms with van der Waals surface area (Å²) < 4.78 is 0. The summed E-state index contributed by atoms with van der Waals surface area (Å²) in [5, 5.41) is 5.83. The van der Waals surface area contributed by atoms with E-state index in [2.05, 4.69) is 37.5 Å². The highest BCUT2D eigenvalue weighted by atomic mass is 32.1. The number of carbonyl (C=O) groups excluding carboxylic acids is 1. The molecule has 0 saturated heterocycles. The molecule has 0 bridgehead atoms. The van der Waals surface area contributed by atoms with Crippen LogP contribution in [-0.4, -0.2) is 12.6 Å². The molecule has 4 heteroatoms. The van der Waals surface area contributed by atoms with Crippen LogP contribution in [0.25, 0.3) is 0 Å². The van der Waals surface area contributed by atoms with Crippen molar-refractivity contribution in [3.8, 4) is 0 Å². The summed E-state index contributed by atoms with van der Waals surface area (Å²) in [6.45, 7) is 9.07. The Morgan fingerprint density at radius 2 is 2.18 bits per heavy atom. The molecule has 0 fully saturated rings. The van der Waals surface area contributed by atoms with Gasteiger partial charge in [-0.25, -0.2) is 4.79 Å². The molecule has 0 aliphatic rings. The first-order valence-corrected chi connectivity index (χ1v) is 6.97. The summed E-state index contributed by atoms with van der Waals surface area (Å²) in [5.74, 6) is 0. The minimum atomic E-state index is -0.0748. The largest absolute Gasteiger partial charge is 0.338 e. The molecule has 1 heterocycles. The lowest BCUT2D eigenvalue weighted by atomic mass is 10.1. The van der Waals surface area contributed by atoms with Crippen molar-refractivity contribution in [2.24, 2.45) is 0 Å². The molecule has 0 saturated carbocycles. The highest BCUT2D eigenvalue weighted by Gasteiger charge is 2.13. The van der Waals surface area contributed by atoms with Gasteiger partial charge in [-0.2, -0.15) is 0 Å². The van der Waals surface area contributed by atoms with Crippen LogP contribution in [0, 0.1) is 13.8 Å². The van der Waals surface area contributed by atoms with Gasteiger partial charge in [-0.1, -0.05) is 13.3 Å². The van der Waals surface area contributed by atoms with Crippen LogP contribution in [0.4, 0.5) is 4.79 Å². The summed E-state index contributed by atoms with van der Waals surface area (Å²) in [6.07, 6.45) is 2.12. The van der Waals surface area contributed by atoms with Crippen molar-refractivity contribution in [1.82, 2.24) is 10.6 Å². The first-order chi connectivity index (χ1) is 8.04. The lowest BCUT2D eigenvalue weighted by Crippen LogP contribution is -2.37. The molecule has 96 valence electrons. The minimum Gasteiger partial charge on any atom is -0.338 e. The number of thiophene rings is 1. The Labute approximate surface area is 108 Å². The predicted octanol–water partition coefficient (Wildman–Crippen LogP) is 3.53. The van der Waals surface area contributed by atoms with E-state index in [4.69, 9.17) is 0 Å². The lowest BCUT2D eigenvalue weighted by molar-refractivity contribution is 0.238. The maximum Gasteiger partial charge on any atom is 0.315 e. The van der Waals surface area contributed by atoms with E-state index in [9.17, 15) is 4.79 Å². The standard InChI is InChI=1S/C13H22N2OS/c1-5-6-7-14-13(16)15-10(3)12-8-9(2)17-11(12)4/h8,10H,5-7H2,1-4H3,(H2,14,15,16). The highest BCUT2D eigenvalue weighted by molar-refractivity contribution is 7.12. The van der Waals surface area contributed by atoms with Gasteiger partial charge in [-0.05, 0) is 38.8 Å². The summed E-state index contributed by atoms with van der Waals surface area (Å²) >= 11 is 1.77. The van der Waals surface area contributed by atoms with Crippen LogP contribution in [0.2, 0.25) is 0 Å². The van der Waals surface area contributed by atoms with Crippen molar-refractivity contribution >= 4 is 17.4 Å². The van der Waals surface area contributed by atoms with E-state index in [0.29, 0.717) is 0 Å². The molecule has 1 aromatic rings. The third-order valence-electron chi connectivity index (χ3n) is 2.71. The average Bonchev–Trinajstić information content (AvgIpc) is 2.58. The summed E-state index contributed by atoms with van der Waals surface area (Å²) in [7, 11) is 0. The molecule has 2 N–H and O–H groups in total. The summed E-state index contributed by atoms with van der Waals surface area (Å²) in [6, 6.07) is 2.15. The molecule has 17 heavy (non-hydrogen) atoms. The second kappa shape index (κ2) is 6.64. The van der Waals surface area contributed by atoms with Gasteiger partial charge < -0.3 is 10.6 Å². The zero-order valence-corrected chi connectivity index (χ0v) is 11.9. The van der Waals surface area contributed by atoms with E-state index >= 15 is 0 Å². The molecule has 3 nitrogen and oxygen atoms in total. The average molecular weight is 254 g/mol. The van der Waals surface area contributed by atoms with Crippen LogP contribution in [0.3, 0.4) is 0 Å². The van der Waals surface area contributed by atoms with Gasteiger partial charge in [0.05, 0.1) is 6.04 Å². The SMILES string of the molecule is CCCCNC(=O)NC(C)c1cc(C)sc1C. The molecule has 0 aliphatic carbocycles. The Balaban J connectivity index is 2.46. The smallest absolute Gasteiger partial charge is 0.315 e. The minimum absolute atomic E-state index is 0.0709. The van der Waals surface area contributed by atoms with Crippen LogP contribution >= 0.6 is 11.3 Å². The molecule has 1 aromatic heterocycles. The van der Waals surface area contributed by atoms with Crippen LogP contribution in [0.5, 0.6) is 0 Å².